The number of fused-ring (bicyclic) bond motifs is 5. The highest BCUT2D eigenvalue weighted by Crippen LogP contribution is 2.59. The molecule has 1 unspecified atom stereocenters. The lowest BCUT2D eigenvalue weighted by Crippen LogP contribution is -2.65. The van der Waals surface area contributed by atoms with Crippen LogP contribution in [0.25, 0.3) is 10.8 Å². The SMILES string of the molecule is CC1CCc2cccc3c2N1[C@@]1(C=Nc2c(cc(N4CCc5ccccc54)c4ccccc24)O1)C3(C)C. The Kier molecular flexibility index (Phi) is 4.12. The maximum absolute atomic E-state index is 7.29. The van der Waals surface area contributed by atoms with E-state index in [1.165, 1.54) is 39.1 Å². The topological polar surface area (TPSA) is 28.1 Å². The van der Waals surface area contributed by atoms with Gasteiger partial charge in [-0.05, 0) is 62.8 Å². The third kappa shape index (κ3) is 2.61. The molecule has 0 N–H and O–H groups in total. The van der Waals surface area contributed by atoms with E-state index in [1.807, 2.05) is 0 Å². The summed E-state index contributed by atoms with van der Waals surface area (Å²) in [4.78, 5) is 10.2. The molecule has 4 aromatic carbocycles. The first-order valence-electron chi connectivity index (χ1n) is 13.6. The van der Waals surface area contributed by atoms with E-state index in [2.05, 4.69) is 110 Å². The number of ether oxygens (including phenoxy) is 1. The van der Waals surface area contributed by atoms with Gasteiger partial charge in [0.25, 0.3) is 0 Å². The quantitative estimate of drug-likeness (QED) is 0.280. The van der Waals surface area contributed by atoms with Crippen molar-refractivity contribution in [1.29, 1.82) is 0 Å². The number of nitrogens with zero attached hydrogens (tertiary/aromatic N) is 3. The van der Waals surface area contributed by atoms with Crippen molar-refractivity contribution in [2.24, 2.45) is 4.99 Å². The zero-order valence-corrected chi connectivity index (χ0v) is 21.7. The second kappa shape index (κ2) is 7.16. The second-order valence-electron chi connectivity index (χ2n) is 11.6. The van der Waals surface area contributed by atoms with Gasteiger partial charge in [-0.2, -0.15) is 0 Å². The molecule has 0 saturated carbocycles. The summed E-state index contributed by atoms with van der Waals surface area (Å²) in [5.41, 5.74) is 8.06. The third-order valence-corrected chi connectivity index (χ3v) is 9.33. The van der Waals surface area contributed by atoms with E-state index in [-0.39, 0.29) is 5.41 Å². The van der Waals surface area contributed by atoms with Crippen molar-refractivity contribution in [3.8, 4) is 5.75 Å². The first-order chi connectivity index (χ1) is 18.0. The van der Waals surface area contributed by atoms with E-state index in [0.717, 1.165) is 42.6 Å². The van der Waals surface area contributed by atoms with E-state index >= 15 is 0 Å². The zero-order chi connectivity index (χ0) is 24.9. The standard InChI is InChI=1S/C33H31N3O/c1-21-15-16-23-10-8-13-26-31(23)36(21)33(32(26,2)3)20-34-30-25-12-6-5-11-24(25)28(19-29(30)37-33)35-18-17-22-9-4-7-14-27(22)35/h4-14,19-21H,15-18H2,1-3H3/t21?,33-/m1/s1. The van der Waals surface area contributed by atoms with E-state index in [9.17, 15) is 0 Å². The van der Waals surface area contributed by atoms with Crippen molar-refractivity contribution in [2.75, 3.05) is 16.3 Å². The molecule has 37 heavy (non-hydrogen) atoms. The van der Waals surface area contributed by atoms with Gasteiger partial charge in [-0.25, -0.2) is 0 Å². The van der Waals surface area contributed by atoms with Crippen LogP contribution in [0.2, 0.25) is 0 Å². The van der Waals surface area contributed by atoms with E-state index in [1.54, 1.807) is 0 Å². The predicted molar refractivity (Wildman–Crippen MR) is 152 cm³/mol. The van der Waals surface area contributed by atoms with Gasteiger partial charge >= 0.3 is 0 Å². The summed E-state index contributed by atoms with van der Waals surface area (Å²) in [6, 6.07) is 26.8. The Morgan fingerprint density at radius 2 is 1.65 bits per heavy atom. The minimum absolute atomic E-state index is 0.260. The number of rotatable bonds is 1. The van der Waals surface area contributed by atoms with Crippen molar-refractivity contribution >= 4 is 39.7 Å². The number of hydrogen-bond acceptors (Lipinski definition) is 4. The first kappa shape index (κ1) is 21.3. The molecular weight excluding hydrogens is 454 g/mol. The molecule has 0 aliphatic carbocycles. The van der Waals surface area contributed by atoms with Crippen LogP contribution >= 0.6 is 0 Å². The Hall–Kier alpha value is -3.79. The Morgan fingerprint density at radius 1 is 0.865 bits per heavy atom. The van der Waals surface area contributed by atoms with Crippen LogP contribution in [0.5, 0.6) is 5.75 Å². The molecular formula is C33H31N3O. The van der Waals surface area contributed by atoms with Gasteiger partial charge in [-0.1, -0.05) is 60.7 Å². The van der Waals surface area contributed by atoms with Crippen LogP contribution in [0.15, 0.2) is 77.8 Å². The van der Waals surface area contributed by atoms with Crippen LogP contribution in [0, 0.1) is 0 Å². The predicted octanol–water partition coefficient (Wildman–Crippen LogP) is 7.46. The molecule has 4 aliphatic heterocycles. The molecule has 0 aromatic heterocycles. The van der Waals surface area contributed by atoms with Crippen LogP contribution in [0.1, 0.15) is 43.9 Å². The van der Waals surface area contributed by atoms with Gasteiger partial charge < -0.3 is 14.5 Å². The molecule has 4 aromatic rings. The van der Waals surface area contributed by atoms with Crippen molar-refractivity contribution in [1.82, 2.24) is 0 Å². The zero-order valence-electron chi connectivity index (χ0n) is 21.7. The molecule has 2 atom stereocenters. The molecule has 4 heterocycles. The lowest BCUT2D eigenvalue weighted by Gasteiger charge is -2.49. The van der Waals surface area contributed by atoms with Crippen molar-refractivity contribution in [2.45, 2.75) is 57.2 Å². The number of aliphatic imine (C=N–C) groups is 1. The Balaban J connectivity index is 1.35. The van der Waals surface area contributed by atoms with Crippen molar-refractivity contribution in [3.63, 3.8) is 0 Å². The van der Waals surface area contributed by atoms with Crippen LogP contribution in [-0.2, 0) is 18.3 Å². The Morgan fingerprint density at radius 3 is 2.54 bits per heavy atom. The number of aryl methyl sites for hydroxylation is 1. The smallest absolute Gasteiger partial charge is 0.229 e. The summed E-state index contributed by atoms with van der Waals surface area (Å²) in [5.74, 6) is 0.876. The number of hydrogen-bond donors (Lipinski definition) is 0. The molecule has 0 fully saturated rings. The highest BCUT2D eigenvalue weighted by molar-refractivity contribution is 6.07. The monoisotopic (exact) mass is 485 g/mol. The molecule has 0 saturated heterocycles. The van der Waals surface area contributed by atoms with Crippen molar-refractivity contribution in [3.05, 3.63) is 89.5 Å². The molecule has 0 amide bonds. The van der Waals surface area contributed by atoms with Crippen LogP contribution in [-0.4, -0.2) is 24.5 Å². The van der Waals surface area contributed by atoms with E-state index in [4.69, 9.17) is 9.73 Å². The summed E-state index contributed by atoms with van der Waals surface area (Å²) in [6.07, 6.45) is 5.40. The second-order valence-corrected chi connectivity index (χ2v) is 11.6. The average molecular weight is 486 g/mol. The summed E-state index contributed by atoms with van der Waals surface area (Å²) < 4.78 is 7.29. The maximum atomic E-state index is 7.29. The number of benzene rings is 4. The summed E-state index contributed by atoms with van der Waals surface area (Å²) in [7, 11) is 0. The minimum Gasteiger partial charge on any atom is -0.459 e. The van der Waals surface area contributed by atoms with E-state index in [0.29, 0.717) is 6.04 Å². The van der Waals surface area contributed by atoms with Gasteiger partial charge in [0.05, 0.1) is 17.3 Å². The molecule has 4 nitrogen and oxygen atoms in total. The summed E-state index contributed by atoms with van der Waals surface area (Å²) in [6.45, 7) is 7.95. The Labute approximate surface area is 218 Å². The fraction of sp³-hybridized carbons (Fsp3) is 0.303. The maximum Gasteiger partial charge on any atom is 0.229 e. The molecule has 1 spiro atoms. The minimum atomic E-state index is -0.666. The largest absolute Gasteiger partial charge is 0.459 e. The lowest BCUT2D eigenvalue weighted by molar-refractivity contribution is 0.0696. The molecule has 184 valence electrons. The van der Waals surface area contributed by atoms with E-state index < -0.39 is 5.72 Å². The van der Waals surface area contributed by atoms with Gasteiger partial charge in [0.15, 0.2) is 5.75 Å². The third-order valence-electron chi connectivity index (χ3n) is 9.33. The fourth-order valence-corrected chi connectivity index (χ4v) is 7.37. The van der Waals surface area contributed by atoms with Crippen molar-refractivity contribution < 1.29 is 4.74 Å². The number of para-hydroxylation sites is 2. The molecule has 4 heteroatoms. The van der Waals surface area contributed by atoms with Crippen LogP contribution < -0.4 is 14.5 Å². The lowest BCUT2D eigenvalue weighted by atomic mass is 9.77. The van der Waals surface area contributed by atoms with Crippen LogP contribution in [0.4, 0.5) is 22.7 Å². The van der Waals surface area contributed by atoms with Gasteiger partial charge in [-0.3, -0.25) is 4.99 Å². The van der Waals surface area contributed by atoms with Gasteiger partial charge in [-0.15, -0.1) is 0 Å². The normalized spacial score (nSPS) is 24.2. The van der Waals surface area contributed by atoms with Gasteiger partial charge in [0.1, 0.15) is 5.69 Å². The number of anilines is 3. The molecule has 8 rings (SSSR count). The summed E-state index contributed by atoms with van der Waals surface area (Å²) in [5, 5.41) is 2.36. The molecule has 0 bridgehead atoms. The fourth-order valence-electron chi connectivity index (χ4n) is 7.37. The highest BCUT2D eigenvalue weighted by atomic mass is 16.5. The summed E-state index contributed by atoms with van der Waals surface area (Å²) >= 11 is 0. The molecule has 4 aliphatic rings. The highest BCUT2D eigenvalue weighted by Gasteiger charge is 2.62. The Bertz CT molecular complexity index is 1640. The van der Waals surface area contributed by atoms with Crippen LogP contribution in [0.3, 0.4) is 0 Å². The first-order valence-corrected chi connectivity index (χ1v) is 13.6. The molecule has 0 radical (unpaired) electrons. The van der Waals surface area contributed by atoms with Gasteiger partial charge in [0, 0.05) is 40.8 Å². The average Bonchev–Trinajstić information content (AvgIpc) is 3.43. The van der Waals surface area contributed by atoms with Gasteiger partial charge in [0.2, 0.25) is 5.72 Å².